The number of amides is 1. The van der Waals surface area contributed by atoms with Crippen molar-refractivity contribution in [3.05, 3.63) is 106 Å². The van der Waals surface area contributed by atoms with Gasteiger partial charge in [-0.15, -0.1) is 0 Å². The zero-order valence-corrected chi connectivity index (χ0v) is 20.8. The van der Waals surface area contributed by atoms with Gasteiger partial charge in [0.15, 0.2) is 0 Å². The lowest BCUT2D eigenvalue weighted by molar-refractivity contribution is 0.0679. The number of hydrogen-bond acceptors (Lipinski definition) is 4. The molecule has 0 bridgehead atoms. The van der Waals surface area contributed by atoms with Crippen molar-refractivity contribution >= 4 is 17.5 Å². The molecule has 0 unspecified atom stereocenters. The van der Waals surface area contributed by atoms with E-state index in [1.165, 1.54) is 0 Å². The molecule has 0 aliphatic rings. The maximum Gasteiger partial charge on any atom is 0.254 e. The second-order valence-corrected chi connectivity index (χ2v) is 8.70. The largest absolute Gasteiger partial charge is 0.439 e. The van der Waals surface area contributed by atoms with Gasteiger partial charge in [-0.1, -0.05) is 41.9 Å². The van der Waals surface area contributed by atoms with E-state index in [4.69, 9.17) is 26.2 Å². The van der Waals surface area contributed by atoms with Crippen LogP contribution in [0.2, 0.25) is 5.02 Å². The highest BCUT2D eigenvalue weighted by Gasteiger charge is 2.24. The van der Waals surface area contributed by atoms with E-state index in [0.717, 1.165) is 22.5 Å². The van der Waals surface area contributed by atoms with Crippen molar-refractivity contribution in [1.82, 2.24) is 14.7 Å². The highest BCUT2D eigenvalue weighted by Crippen LogP contribution is 2.32. The Kier molecular flexibility index (Phi) is 7.85. The smallest absolute Gasteiger partial charge is 0.254 e. The SMILES string of the molecule is COCCN(Cc1c(C)nn(-c2ccccc2)c1Oc1cccc(C)c1)C(=O)c1ccc(Cl)cc1. The van der Waals surface area contributed by atoms with Crippen molar-refractivity contribution in [1.29, 1.82) is 0 Å². The topological polar surface area (TPSA) is 56.6 Å². The summed E-state index contributed by atoms with van der Waals surface area (Å²) in [5, 5.41) is 5.36. The van der Waals surface area contributed by atoms with E-state index in [1.54, 1.807) is 41.0 Å². The predicted octanol–water partition coefficient (Wildman–Crippen LogP) is 6.22. The fourth-order valence-corrected chi connectivity index (χ4v) is 3.91. The van der Waals surface area contributed by atoms with E-state index in [-0.39, 0.29) is 5.91 Å². The fourth-order valence-electron chi connectivity index (χ4n) is 3.78. The molecule has 7 heteroatoms. The number of aromatic nitrogens is 2. The van der Waals surface area contributed by atoms with Crippen LogP contribution in [0.3, 0.4) is 0 Å². The Bertz CT molecular complexity index is 1290. The van der Waals surface area contributed by atoms with Gasteiger partial charge >= 0.3 is 0 Å². The van der Waals surface area contributed by atoms with Gasteiger partial charge in [-0.25, -0.2) is 4.68 Å². The molecule has 0 spiro atoms. The lowest BCUT2D eigenvalue weighted by Gasteiger charge is -2.23. The average molecular weight is 490 g/mol. The van der Waals surface area contributed by atoms with Crippen molar-refractivity contribution in [2.75, 3.05) is 20.3 Å². The molecule has 1 aromatic heterocycles. The number of carbonyl (C=O) groups is 1. The molecule has 3 aromatic carbocycles. The molecule has 4 aromatic rings. The molecule has 0 aliphatic heterocycles. The number of methoxy groups -OCH3 is 1. The Morgan fingerprint density at radius 2 is 1.74 bits per heavy atom. The van der Waals surface area contributed by atoms with Gasteiger partial charge in [0.2, 0.25) is 5.88 Å². The van der Waals surface area contributed by atoms with Crippen LogP contribution in [0.15, 0.2) is 78.9 Å². The number of aryl methyl sites for hydroxylation is 2. The summed E-state index contributed by atoms with van der Waals surface area (Å²) in [6.07, 6.45) is 0. The van der Waals surface area contributed by atoms with Gasteiger partial charge in [-0.05, 0) is 67.9 Å². The number of ether oxygens (including phenoxy) is 2. The van der Waals surface area contributed by atoms with Crippen molar-refractivity contribution in [3.63, 3.8) is 0 Å². The van der Waals surface area contributed by atoms with E-state index in [9.17, 15) is 4.79 Å². The number of nitrogens with zero attached hydrogens (tertiary/aromatic N) is 3. The maximum atomic E-state index is 13.4. The number of para-hydroxylation sites is 1. The van der Waals surface area contributed by atoms with Gasteiger partial charge in [0.25, 0.3) is 5.91 Å². The highest BCUT2D eigenvalue weighted by atomic mass is 35.5. The van der Waals surface area contributed by atoms with E-state index in [2.05, 4.69) is 0 Å². The van der Waals surface area contributed by atoms with Gasteiger partial charge in [0.05, 0.1) is 30.1 Å². The third-order valence-electron chi connectivity index (χ3n) is 5.63. The molecule has 0 aliphatic carbocycles. The van der Waals surface area contributed by atoms with Crippen molar-refractivity contribution in [3.8, 4) is 17.3 Å². The second kappa shape index (κ2) is 11.2. The third kappa shape index (κ3) is 5.91. The predicted molar refractivity (Wildman–Crippen MR) is 138 cm³/mol. The van der Waals surface area contributed by atoms with Crippen LogP contribution in [-0.2, 0) is 11.3 Å². The zero-order valence-electron chi connectivity index (χ0n) is 20.1. The van der Waals surface area contributed by atoms with Gasteiger partial charge in [-0.2, -0.15) is 5.10 Å². The Labute approximate surface area is 210 Å². The van der Waals surface area contributed by atoms with Gasteiger partial charge in [-0.3, -0.25) is 4.79 Å². The molecule has 35 heavy (non-hydrogen) atoms. The van der Waals surface area contributed by atoms with Gasteiger partial charge in [0, 0.05) is 24.2 Å². The first-order valence-electron chi connectivity index (χ1n) is 11.4. The summed E-state index contributed by atoms with van der Waals surface area (Å²) in [6.45, 7) is 5.08. The summed E-state index contributed by atoms with van der Waals surface area (Å²) in [5.41, 5.74) is 4.12. The summed E-state index contributed by atoms with van der Waals surface area (Å²) >= 11 is 6.03. The molecule has 0 N–H and O–H groups in total. The van der Waals surface area contributed by atoms with Crippen LogP contribution < -0.4 is 4.74 Å². The number of carbonyl (C=O) groups excluding carboxylic acids is 1. The Morgan fingerprint density at radius 1 is 1.00 bits per heavy atom. The quantitative estimate of drug-likeness (QED) is 0.280. The number of rotatable bonds is 9. The lowest BCUT2D eigenvalue weighted by atomic mass is 10.1. The minimum absolute atomic E-state index is 0.118. The highest BCUT2D eigenvalue weighted by molar-refractivity contribution is 6.30. The minimum Gasteiger partial charge on any atom is -0.439 e. The van der Waals surface area contributed by atoms with Crippen molar-refractivity contribution in [2.45, 2.75) is 20.4 Å². The monoisotopic (exact) mass is 489 g/mol. The van der Waals surface area contributed by atoms with Crippen LogP contribution in [0.5, 0.6) is 11.6 Å². The first-order valence-corrected chi connectivity index (χ1v) is 11.8. The lowest BCUT2D eigenvalue weighted by Crippen LogP contribution is -2.33. The molecule has 0 atom stereocenters. The maximum absolute atomic E-state index is 13.4. The van der Waals surface area contributed by atoms with Crippen molar-refractivity contribution in [2.24, 2.45) is 0 Å². The minimum atomic E-state index is -0.118. The van der Waals surface area contributed by atoms with Crippen LogP contribution in [0.4, 0.5) is 0 Å². The molecule has 180 valence electrons. The number of halogens is 1. The molecule has 1 amide bonds. The normalized spacial score (nSPS) is 10.9. The molecule has 0 radical (unpaired) electrons. The summed E-state index contributed by atoms with van der Waals surface area (Å²) in [7, 11) is 1.62. The summed E-state index contributed by atoms with van der Waals surface area (Å²) in [5.74, 6) is 1.16. The summed E-state index contributed by atoms with van der Waals surface area (Å²) in [4.78, 5) is 15.2. The Morgan fingerprint density at radius 3 is 2.43 bits per heavy atom. The molecule has 4 rings (SSSR count). The summed E-state index contributed by atoms with van der Waals surface area (Å²) < 4.78 is 13.5. The molecule has 0 fully saturated rings. The first kappa shape index (κ1) is 24.5. The van der Waals surface area contributed by atoms with E-state index >= 15 is 0 Å². The van der Waals surface area contributed by atoms with Crippen LogP contribution >= 0.6 is 11.6 Å². The van der Waals surface area contributed by atoms with Crippen LogP contribution in [0.1, 0.15) is 27.2 Å². The zero-order chi connectivity index (χ0) is 24.8. The Balaban J connectivity index is 1.75. The van der Waals surface area contributed by atoms with Crippen LogP contribution in [0.25, 0.3) is 5.69 Å². The van der Waals surface area contributed by atoms with E-state index in [1.807, 2.05) is 68.4 Å². The van der Waals surface area contributed by atoms with E-state index < -0.39 is 0 Å². The molecule has 1 heterocycles. The molecule has 6 nitrogen and oxygen atoms in total. The third-order valence-corrected chi connectivity index (χ3v) is 5.89. The van der Waals surface area contributed by atoms with Gasteiger partial charge in [0.1, 0.15) is 5.75 Å². The fraction of sp³-hybridized carbons (Fsp3) is 0.214. The number of benzene rings is 3. The molecule has 0 saturated heterocycles. The molecular formula is C28H28ClN3O3. The average Bonchev–Trinajstić information content (AvgIpc) is 3.17. The molecular weight excluding hydrogens is 462 g/mol. The van der Waals surface area contributed by atoms with Crippen LogP contribution in [0, 0.1) is 13.8 Å². The Hall–Kier alpha value is -3.61. The summed E-state index contributed by atoms with van der Waals surface area (Å²) in [6, 6.07) is 24.6. The number of hydrogen-bond donors (Lipinski definition) is 0. The second-order valence-electron chi connectivity index (χ2n) is 8.26. The van der Waals surface area contributed by atoms with E-state index in [0.29, 0.717) is 41.9 Å². The van der Waals surface area contributed by atoms with Crippen molar-refractivity contribution < 1.29 is 14.3 Å². The standard InChI is InChI=1S/C28H28ClN3O3/c1-20-8-7-11-25(18-20)35-28-26(21(2)30-32(28)24-9-5-4-6-10-24)19-31(16-17-34-3)27(33)22-12-14-23(29)15-13-22/h4-15,18H,16-17,19H2,1-3H3. The molecule has 0 saturated carbocycles. The van der Waals surface area contributed by atoms with Crippen LogP contribution in [-0.4, -0.2) is 40.8 Å². The van der Waals surface area contributed by atoms with Gasteiger partial charge < -0.3 is 14.4 Å². The first-order chi connectivity index (χ1) is 17.0.